The van der Waals surface area contributed by atoms with E-state index in [1.54, 1.807) is 24.3 Å². The minimum atomic E-state index is -3.80. The van der Waals surface area contributed by atoms with Gasteiger partial charge in [0.25, 0.3) is 5.91 Å². The van der Waals surface area contributed by atoms with Gasteiger partial charge in [-0.25, -0.2) is 8.42 Å². The fourth-order valence-corrected chi connectivity index (χ4v) is 3.61. The summed E-state index contributed by atoms with van der Waals surface area (Å²) in [6, 6.07) is 16.5. The molecule has 6 heteroatoms. The maximum absolute atomic E-state index is 12.6. The summed E-state index contributed by atoms with van der Waals surface area (Å²) in [5, 5.41) is 2.44. The Morgan fingerprint density at radius 1 is 0.962 bits per heavy atom. The van der Waals surface area contributed by atoms with Gasteiger partial charge < -0.3 is 9.73 Å². The highest BCUT2D eigenvalue weighted by molar-refractivity contribution is 7.91. The van der Waals surface area contributed by atoms with Crippen LogP contribution in [0.2, 0.25) is 0 Å². The number of furan rings is 1. The molecule has 0 aliphatic heterocycles. The van der Waals surface area contributed by atoms with Crippen LogP contribution in [-0.4, -0.2) is 14.3 Å². The molecule has 0 saturated heterocycles. The molecule has 0 unspecified atom stereocenters. The third kappa shape index (κ3) is 3.70. The third-order valence-electron chi connectivity index (χ3n) is 4.02. The average molecular weight is 369 g/mol. The van der Waals surface area contributed by atoms with Gasteiger partial charge in [0, 0.05) is 5.69 Å². The number of sulfone groups is 1. The monoisotopic (exact) mass is 369 g/mol. The maximum atomic E-state index is 12.6. The first kappa shape index (κ1) is 17.9. The lowest BCUT2D eigenvalue weighted by atomic mass is 10.1. The van der Waals surface area contributed by atoms with Crippen LogP contribution in [0, 0.1) is 6.92 Å². The summed E-state index contributed by atoms with van der Waals surface area (Å²) in [4.78, 5) is 12.4. The number of rotatable bonds is 5. The topological polar surface area (TPSA) is 76.4 Å². The van der Waals surface area contributed by atoms with Crippen LogP contribution in [0.3, 0.4) is 0 Å². The van der Waals surface area contributed by atoms with Crippen molar-refractivity contribution >= 4 is 21.4 Å². The largest absolute Gasteiger partial charge is 0.439 e. The van der Waals surface area contributed by atoms with Crippen LogP contribution in [0.25, 0.3) is 0 Å². The molecule has 3 rings (SSSR count). The second-order valence-electron chi connectivity index (χ2n) is 5.94. The summed E-state index contributed by atoms with van der Waals surface area (Å²) < 4.78 is 30.5. The van der Waals surface area contributed by atoms with Gasteiger partial charge in [-0.2, -0.15) is 0 Å². The van der Waals surface area contributed by atoms with Gasteiger partial charge in [-0.05, 0) is 55.3 Å². The summed E-state index contributed by atoms with van der Waals surface area (Å²) in [5.74, 6) is -0.560. The summed E-state index contributed by atoms with van der Waals surface area (Å²) in [7, 11) is -3.80. The van der Waals surface area contributed by atoms with Gasteiger partial charge in [0.1, 0.15) is 0 Å². The smallest absolute Gasteiger partial charge is 0.291 e. The lowest BCUT2D eigenvalue weighted by molar-refractivity contribution is 0.0991. The van der Waals surface area contributed by atoms with Gasteiger partial charge in [0.2, 0.25) is 14.9 Å². The van der Waals surface area contributed by atoms with Crippen LogP contribution >= 0.6 is 0 Å². The van der Waals surface area contributed by atoms with Crippen molar-refractivity contribution in [3.8, 4) is 0 Å². The minimum Gasteiger partial charge on any atom is -0.439 e. The molecule has 0 atom stereocenters. The molecule has 0 spiro atoms. The molecule has 1 aromatic heterocycles. The zero-order valence-corrected chi connectivity index (χ0v) is 15.3. The second-order valence-corrected chi connectivity index (χ2v) is 7.82. The molecule has 26 heavy (non-hydrogen) atoms. The normalized spacial score (nSPS) is 11.3. The standard InChI is InChI=1S/C20H19NO4S/c1-3-15-6-8-16(9-7-15)21-20(22)18-12-13-19(25-18)26(23,24)17-10-4-14(2)5-11-17/h4-13H,3H2,1-2H3,(H,21,22). The van der Waals surface area contributed by atoms with Gasteiger partial charge in [0.15, 0.2) is 5.76 Å². The molecule has 0 fully saturated rings. The van der Waals surface area contributed by atoms with Gasteiger partial charge in [-0.1, -0.05) is 36.8 Å². The first-order valence-corrected chi connectivity index (χ1v) is 9.70. The number of aryl methyl sites for hydroxylation is 2. The molecule has 0 bridgehead atoms. The molecule has 0 saturated carbocycles. The average Bonchev–Trinajstić information content (AvgIpc) is 3.14. The molecule has 134 valence electrons. The molecular formula is C20H19NO4S. The number of amides is 1. The molecule has 0 aliphatic carbocycles. The summed E-state index contributed by atoms with van der Waals surface area (Å²) in [6.07, 6.45) is 0.909. The van der Waals surface area contributed by atoms with E-state index in [2.05, 4.69) is 5.32 Å². The Bertz CT molecular complexity index is 1020. The molecule has 0 aliphatic rings. The van der Waals surface area contributed by atoms with E-state index in [4.69, 9.17) is 4.42 Å². The van der Waals surface area contributed by atoms with E-state index in [-0.39, 0.29) is 15.7 Å². The van der Waals surface area contributed by atoms with E-state index in [1.807, 2.05) is 26.0 Å². The molecule has 2 aromatic carbocycles. The highest BCUT2D eigenvalue weighted by atomic mass is 32.2. The molecule has 0 radical (unpaired) electrons. The van der Waals surface area contributed by atoms with Gasteiger partial charge in [-0.3, -0.25) is 4.79 Å². The van der Waals surface area contributed by atoms with Gasteiger partial charge in [-0.15, -0.1) is 0 Å². The van der Waals surface area contributed by atoms with Crippen LogP contribution in [0.5, 0.6) is 0 Å². The van der Waals surface area contributed by atoms with Crippen LogP contribution in [0.1, 0.15) is 28.6 Å². The third-order valence-corrected chi connectivity index (χ3v) is 5.66. The lowest BCUT2D eigenvalue weighted by Gasteiger charge is -2.04. The quantitative estimate of drug-likeness (QED) is 0.730. The number of carbonyl (C=O) groups is 1. The Labute approximate surface area is 152 Å². The lowest BCUT2D eigenvalue weighted by Crippen LogP contribution is -2.11. The maximum Gasteiger partial charge on any atom is 0.291 e. The zero-order valence-electron chi connectivity index (χ0n) is 14.5. The molecule has 5 nitrogen and oxygen atoms in total. The van der Waals surface area contributed by atoms with Crippen molar-refractivity contribution in [3.05, 3.63) is 77.6 Å². The number of hydrogen-bond acceptors (Lipinski definition) is 4. The minimum absolute atomic E-state index is 0.0599. The Kier molecular flexibility index (Phi) is 4.95. The van der Waals surface area contributed by atoms with Gasteiger partial charge >= 0.3 is 0 Å². The number of hydrogen-bond donors (Lipinski definition) is 1. The van der Waals surface area contributed by atoms with Crippen LogP contribution in [-0.2, 0) is 16.3 Å². The molecule has 3 aromatic rings. The van der Waals surface area contributed by atoms with Crippen molar-refractivity contribution < 1.29 is 17.6 Å². The van der Waals surface area contributed by atoms with Crippen molar-refractivity contribution in [2.45, 2.75) is 30.3 Å². The van der Waals surface area contributed by atoms with Crippen molar-refractivity contribution in [2.24, 2.45) is 0 Å². The summed E-state index contributed by atoms with van der Waals surface area (Å²) in [6.45, 7) is 3.92. The van der Waals surface area contributed by atoms with Crippen molar-refractivity contribution in [3.63, 3.8) is 0 Å². The predicted molar refractivity (Wildman–Crippen MR) is 99.1 cm³/mol. The highest BCUT2D eigenvalue weighted by Gasteiger charge is 2.23. The highest BCUT2D eigenvalue weighted by Crippen LogP contribution is 2.23. The van der Waals surface area contributed by atoms with Crippen LogP contribution < -0.4 is 5.32 Å². The molecule has 1 N–H and O–H groups in total. The molecule has 1 amide bonds. The zero-order chi connectivity index (χ0) is 18.7. The van der Waals surface area contributed by atoms with Crippen LogP contribution in [0.4, 0.5) is 5.69 Å². The van der Waals surface area contributed by atoms with E-state index in [0.29, 0.717) is 5.69 Å². The molecule has 1 heterocycles. The van der Waals surface area contributed by atoms with E-state index < -0.39 is 15.7 Å². The SMILES string of the molecule is CCc1ccc(NC(=O)c2ccc(S(=O)(=O)c3ccc(C)cc3)o2)cc1. The summed E-state index contributed by atoms with van der Waals surface area (Å²) >= 11 is 0. The first-order valence-electron chi connectivity index (χ1n) is 8.22. The Morgan fingerprint density at radius 3 is 2.23 bits per heavy atom. The van der Waals surface area contributed by atoms with Crippen molar-refractivity contribution in [2.75, 3.05) is 5.32 Å². The van der Waals surface area contributed by atoms with E-state index in [0.717, 1.165) is 17.5 Å². The summed E-state index contributed by atoms with van der Waals surface area (Å²) in [5.41, 5.74) is 2.73. The first-order chi connectivity index (χ1) is 12.4. The number of benzene rings is 2. The van der Waals surface area contributed by atoms with E-state index >= 15 is 0 Å². The Balaban J connectivity index is 1.80. The fourth-order valence-electron chi connectivity index (χ4n) is 2.44. The van der Waals surface area contributed by atoms with E-state index in [1.165, 1.54) is 24.3 Å². The van der Waals surface area contributed by atoms with Gasteiger partial charge in [0.05, 0.1) is 4.90 Å². The second kappa shape index (κ2) is 7.17. The fraction of sp³-hybridized carbons (Fsp3) is 0.150. The Morgan fingerprint density at radius 2 is 1.62 bits per heavy atom. The predicted octanol–water partition coefficient (Wildman–Crippen LogP) is 4.24. The molecular weight excluding hydrogens is 350 g/mol. The Hall–Kier alpha value is -2.86. The number of nitrogens with one attached hydrogen (secondary N) is 1. The number of carbonyl (C=O) groups excluding carboxylic acids is 1. The van der Waals surface area contributed by atoms with Crippen LogP contribution in [0.15, 0.2) is 75.1 Å². The number of anilines is 1. The van der Waals surface area contributed by atoms with E-state index in [9.17, 15) is 13.2 Å². The van der Waals surface area contributed by atoms with Crippen molar-refractivity contribution in [1.82, 2.24) is 0 Å². The van der Waals surface area contributed by atoms with Crippen molar-refractivity contribution in [1.29, 1.82) is 0 Å².